The van der Waals surface area contributed by atoms with Gasteiger partial charge in [-0.1, -0.05) is 133 Å². The SMILES string of the molecule is CC#CC#CC#CC#CC#CC#CC#CC#CC#CC#CC#CC#CC(=O)N[C@@H](COC1OC2COC(c3ccccc3)OC2C(OOO)C1C)[C@H](C)[C@H](C)C/C=C/CCCCCCCCCCC. The van der Waals surface area contributed by atoms with E-state index in [1.165, 1.54) is 57.8 Å². The second-order valence-corrected chi connectivity index (χ2v) is 15.9. The van der Waals surface area contributed by atoms with E-state index in [1.807, 2.05) is 37.3 Å². The minimum absolute atomic E-state index is 0.0259. The number of unbranched alkanes of at least 4 members (excludes halogenated alkanes) is 9. The minimum Gasteiger partial charge on any atom is -0.350 e. The van der Waals surface area contributed by atoms with Crippen LogP contribution in [-0.2, 0) is 33.7 Å². The summed E-state index contributed by atoms with van der Waals surface area (Å²) in [7, 11) is 0. The van der Waals surface area contributed by atoms with E-state index in [4.69, 9.17) is 23.8 Å². The summed E-state index contributed by atoms with van der Waals surface area (Å²) >= 11 is 0. The lowest BCUT2D eigenvalue weighted by Gasteiger charge is -2.47. The fraction of sp³-hybridized carbons (Fsp3) is 0.450. The molecule has 9 nitrogen and oxygen atoms in total. The summed E-state index contributed by atoms with van der Waals surface area (Å²) in [6.45, 7) is 10.3. The zero-order valence-corrected chi connectivity index (χ0v) is 40.2. The van der Waals surface area contributed by atoms with Gasteiger partial charge in [0.25, 0.3) is 5.91 Å². The molecule has 0 bridgehead atoms. The third-order valence-corrected chi connectivity index (χ3v) is 10.9. The van der Waals surface area contributed by atoms with Crippen LogP contribution < -0.4 is 5.32 Å². The largest absolute Gasteiger partial charge is 0.350 e. The van der Waals surface area contributed by atoms with Gasteiger partial charge in [0.05, 0.1) is 19.3 Å². The van der Waals surface area contributed by atoms with Crippen LogP contribution in [0.3, 0.4) is 0 Å². The van der Waals surface area contributed by atoms with Gasteiger partial charge in [0, 0.05) is 52.9 Å². The Hall–Kier alpha value is -7.13. The van der Waals surface area contributed by atoms with E-state index >= 15 is 0 Å². The van der Waals surface area contributed by atoms with Gasteiger partial charge in [-0.2, -0.15) is 4.89 Å². The van der Waals surface area contributed by atoms with E-state index in [0.717, 1.165) is 18.4 Å². The van der Waals surface area contributed by atoms with Crippen molar-refractivity contribution in [2.24, 2.45) is 17.8 Å². The van der Waals surface area contributed by atoms with Crippen molar-refractivity contribution < 1.29 is 38.9 Å². The van der Waals surface area contributed by atoms with E-state index in [1.54, 1.807) is 6.92 Å². The monoisotopic (exact) mass is 921 g/mol. The lowest BCUT2D eigenvalue weighted by Crippen LogP contribution is -2.60. The number of hydrogen-bond acceptors (Lipinski definition) is 8. The third kappa shape index (κ3) is 24.5. The van der Waals surface area contributed by atoms with Gasteiger partial charge in [-0.25, -0.2) is 5.26 Å². The molecule has 1 amide bonds. The van der Waals surface area contributed by atoms with Crippen molar-refractivity contribution in [2.45, 2.75) is 142 Å². The molecule has 2 saturated heterocycles. The summed E-state index contributed by atoms with van der Waals surface area (Å²) in [5.74, 6) is 60.3. The van der Waals surface area contributed by atoms with E-state index in [9.17, 15) is 10.1 Å². The molecule has 0 saturated carbocycles. The lowest BCUT2D eigenvalue weighted by molar-refractivity contribution is -0.530. The number of nitrogens with one attached hydrogen (secondary N) is 1. The highest BCUT2D eigenvalue weighted by atomic mass is 17.5. The smallest absolute Gasteiger partial charge is 0.297 e. The summed E-state index contributed by atoms with van der Waals surface area (Å²) in [4.78, 5) is 18.5. The van der Waals surface area contributed by atoms with Crippen molar-refractivity contribution in [2.75, 3.05) is 13.2 Å². The molecule has 6 unspecified atom stereocenters. The Bertz CT molecular complexity index is 2620. The van der Waals surface area contributed by atoms with Crippen molar-refractivity contribution in [3.8, 4) is 142 Å². The molecule has 0 spiro atoms. The second kappa shape index (κ2) is 36.9. The highest BCUT2D eigenvalue weighted by Gasteiger charge is 2.50. The summed E-state index contributed by atoms with van der Waals surface area (Å²) in [6, 6.07) is 9.08. The van der Waals surface area contributed by atoms with Gasteiger partial charge in [-0.3, -0.25) is 4.79 Å². The molecule has 1 aromatic rings. The molecule has 69 heavy (non-hydrogen) atoms. The Morgan fingerprint density at radius 2 is 1.25 bits per heavy atom. The predicted octanol–water partition coefficient (Wildman–Crippen LogP) is 7.95. The molecule has 2 heterocycles. The Balaban J connectivity index is 1.59. The first-order valence-electron chi connectivity index (χ1n) is 23.3. The number of carbonyl (C=O) groups is 1. The standard InChI is InChI=1S/C60H59NO8/c1-6-8-10-12-14-16-18-20-21-22-23-24-25-26-27-28-29-30-32-34-36-38-43-47-56(62)61-54(51(4)50(3)44-40-37-35-33-31-19-17-15-13-11-9-7-2)48-64-59-52(5)57(68-69-63)58-55(66-59)49-65-60(67-58)53-45-41-39-42-46-53/h37,39-42,45-46,50-52,54-55,57-60,63H,7,9,11,13,15,17,19,31,33,35,44,48-49H2,1-5H3,(H,61,62)/b40-37+/t50-,51-,52?,54+,55?,57?,58?,59?,60?/m1/s1. The molecular weight excluding hydrogens is 863 g/mol. The van der Waals surface area contributed by atoms with Crippen LogP contribution >= 0.6 is 0 Å². The normalized spacial score (nSPS) is 19.1. The molecule has 9 heteroatoms. The molecular formula is C60H59NO8. The first kappa shape index (κ1) is 56.2. The summed E-state index contributed by atoms with van der Waals surface area (Å²) in [5, 5.41) is 16.6. The number of rotatable bonds is 21. The molecule has 3 rings (SSSR count). The summed E-state index contributed by atoms with van der Waals surface area (Å²) in [5.41, 5.74) is 0.838. The van der Waals surface area contributed by atoms with Crippen LogP contribution in [0.25, 0.3) is 0 Å². The van der Waals surface area contributed by atoms with Crippen molar-refractivity contribution in [3.05, 3.63) is 48.0 Å². The zero-order valence-electron chi connectivity index (χ0n) is 40.2. The third-order valence-electron chi connectivity index (χ3n) is 10.9. The first-order chi connectivity index (χ1) is 33.9. The lowest BCUT2D eigenvalue weighted by atomic mass is 9.86. The maximum absolute atomic E-state index is 13.2. The van der Waals surface area contributed by atoms with E-state index < -0.39 is 48.8 Å². The molecule has 0 aliphatic carbocycles. The van der Waals surface area contributed by atoms with E-state index in [-0.39, 0.29) is 25.0 Å². The summed E-state index contributed by atoms with van der Waals surface area (Å²) in [6.07, 6.45) is 14.6. The number of hydrogen-bond donors (Lipinski definition) is 2. The Morgan fingerprint density at radius 1 is 0.725 bits per heavy atom. The number of carbonyl (C=O) groups excluding carboxylic acids is 1. The van der Waals surface area contributed by atoms with Crippen LogP contribution in [0.1, 0.15) is 117 Å². The van der Waals surface area contributed by atoms with Crippen molar-refractivity contribution in [1.82, 2.24) is 5.32 Å². The van der Waals surface area contributed by atoms with Gasteiger partial charge in [-0.15, -0.1) is 0 Å². The quantitative estimate of drug-likeness (QED) is 0.0422. The fourth-order valence-corrected chi connectivity index (χ4v) is 6.99. The van der Waals surface area contributed by atoms with Gasteiger partial charge < -0.3 is 24.3 Å². The molecule has 2 aliphatic heterocycles. The number of allylic oxidation sites excluding steroid dienone is 2. The zero-order chi connectivity index (χ0) is 49.4. The average molecular weight is 922 g/mol. The van der Waals surface area contributed by atoms with Crippen molar-refractivity contribution >= 4 is 5.91 Å². The second-order valence-electron chi connectivity index (χ2n) is 15.9. The van der Waals surface area contributed by atoms with Gasteiger partial charge in [0.15, 0.2) is 12.6 Å². The van der Waals surface area contributed by atoms with Crippen molar-refractivity contribution in [1.29, 1.82) is 0 Å². The average Bonchev–Trinajstić information content (AvgIpc) is 3.36. The Kier molecular flexibility index (Phi) is 30.1. The van der Waals surface area contributed by atoms with Gasteiger partial charge >= 0.3 is 0 Å². The predicted molar refractivity (Wildman–Crippen MR) is 267 cm³/mol. The number of amides is 1. The van der Waals surface area contributed by atoms with E-state index in [2.05, 4.69) is 185 Å². The molecule has 2 fully saturated rings. The fourth-order valence-electron chi connectivity index (χ4n) is 6.99. The molecule has 9 atom stereocenters. The molecule has 0 radical (unpaired) electrons. The topological polar surface area (TPSA) is 105 Å². The molecule has 0 aromatic heterocycles. The van der Waals surface area contributed by atoms with Crippen LogP contribution in [0.15, 0.2) is 42.5 Å². The Labute approximate surface area is 411 Å². The van der Waals surface area contributed by atoms with Crippen LogP contribution in [0.4, 0.5) is 0 Å². The minimum atomic E-state index is -0.807. The summed E-state index contributed by atoms with van der Waals surface area (Å²) < 4.78 is 25.1. The van der Waals surface area contributed by atoms with E-state index in [0.29, 0.717) is 0 Å². The highest BCUT2D eigenvalue weighted by molar-refractivity contribution is 5.94. The molecule has 352 valence electrons. The number of fused-ring (bicyclic) bond motifs is 1. The van der Waals surface area contributed by atoms with Crippen molar-refractivity contribution in [3.63, 3.8) is 0 Å². The Morgan fingerprint density at radius 3 is 1.78 bits per heavy atom. The molecule has 1 aromatic carbocycles. The molecule has 2 N–H and O–H groups in total. The van der Waals surface area contributed by atoms with Crippen LogP contribution in [-0.4, -0.2) is 55.0 Å². The number of ether oxygens (including phenoxy) is 4. The molecule has 2 aliphatic rings. The number of benzene rings is 1. The van der Waals surface area contributed by atoms with Crippen LogP contribution in [0.2, 0.25) is 0 Å². The maximum Gasteiger partial charge on any atom is 0.297 e. The van der Waals surface area contributed by atoms with Gasteiger partial charge in [0.1, 0.15) is 18.3 Å². The van der Waals surface area contributed by atoms with Crippen LogP contribution in [0, 0.1) is 160 Å². The first-order valence-corrected chi connectivity index (χ1v) is 23.3. The van der Waals surface area contributed by atoms with Gasteiger partial charge in [-0.05, 0) is 133 Å². The highest BCUT2D eigenvalue weighted by Crippen LogP contribution is 2.38. The van der Waals surface area contributed by atoms with Gasteiger partial charge in [0.2, 0.25) is 0 Å². The van der Waals surface area contributed by atoms with Crippen LogP contribution in [0.5, 0.6) is 0 Å². The maximum atomic E-state index is 13.2.